The first-order valence-electron chi connectivity index (χ1n) is 8.82. The summed E-state index contributed by atoms with van der Waals surface area (Å²) in [7, 11) is 0. The fourth-order valence-electron chi connectivity index (χ4n) is 3.68. The third-order valence-corrected chi connectivity index (χ3v) is 5.05. The van der Waals surface area contributed by atoms with Crippen LogP contribution in [0.25, 0.3) is 0 Å². The zero-order valence-corrected chi connectivity index (χ0v) is 13.7. The van der Waals surface area contributed by atoms with Gasteiger partial charge in [0, 0.05) is 26.1 Å². The molecule has 0 N–H and O–H groups in total. The Labute approximate surface area is 138 Å². The number of carbonyl (C=O) groups is 2. The van der Waals surface area contributed by atoms with E-state index in [-0.39, 0.29) is 18.4 Å². The van der Waals surface area contributed by atoms with Crippen molar-refractivity contribution in [3.8, 4) is 0 Å². The summed E-state index contributed by atoms with van der Waals surface area (Å²) in [6, 6.07) is 10.6. The van der Waals surface area contributed by atoms with Gasteiger partial charge in [-0.3, -0.25) is 9.59 Å². The van der Waals surface area contributed by atoms with Gasteiger partial charge in [0.25, 0.3) is 0 Å². The quantitative estimate of drug-likeness (QED) is 0.838. The first-order chi connectivity index (χ1) is 11.2. The second-order valence-corrected chi connectivity index (χ2v) is 6.79. The minimum Gasteiger partial charge on any atom is -0.341 e. The Morgan fingerprint density at radius 2 is 1.96 bits per heavy atom. The monoisotopic (exact) mass is 314 g/mol. The van der Waals surface area contributed by atoms with Gasteiger partial charge in [-0.05, 0) is 43.6 Å². The van der Waals surface area contributed by atoms with Crippen LogP contribution >= 0.6 is 0 Å². The van der Waals surface area contributed by atoms with Gasteiger partial charge in [-0.2, -0.15) is 0 Å². The summed E-state index contributed by atoms with van der Waals surface area (Å²) in [5, 5.41) is 0. The number of piperidine rings is 1. The zero-order chi connectivity index (χ0) is 16.1. The highest BCUT2D eigenvalue weighted by Crippen LogP contribution is 2.22. The van der Waals surface area contributed by atoms with Gasteiger partial charge in [0.15, 0.2) is 0 Å². The molecule has 4 nitrogen and oxygen atoms in total. The molecule has 4 heteroatoms. The summed E-state index contributed by atoms with van der Waals surface area (Å²) < 4.78 is 0. The predicted molar refractivity (Wildman–Crippen MR) is 89.9 cm³/mol. The van der Waals surface area contributed by atoms with Crippen LogP contribution in [0, 0.1) is 5.92 Å². The van der Waals surface area contributed by atoms with E-state index < -0.39 is 0 Å². The molecule has 0 radical (unpaired) electrons. The Bertz CT molecular complexity index is 544. The number of likely N-dealkylation sites (tertiary alicyclic amines) is 2. The van der Waals surface area contributed by atoms with Crippen molar-refractivity contribution >= 4 is 11.8 Å². The maximum Gasteiger partial charge on any atom is 0.242 e. The topological polar surface area (TPSA) is 40.6 Å². The molecule has 0 aliphatic carbocycles. The maximum absolute atomic E-state index is 12.5. The molecule has 3 rings (SSSR count). The van der Waals surface area contributed by atoms with Crippen molar-refractivity contribution in [2.24, 2.45) is 5.92 Å². The van der Waals surface area contributed by atoms with E-state index in [4.69, 9.17) is 0 Å². The number of aryl methyl sites for hydroxylation is 1. The van der Waals surface area contributed by atoms with Crippen LogP contribution in [-0.2, 0) is 16.0 Å². The molecule has 2 aliphatic rings. The average Bonchev–Trinajstić information content (AvgIpc) is 2.99. The van der Waals surface area contributed by atoms with Crippen LogP contribution < -0.4 is 0 Å². The lowest BCUT2D eigenvalue weighted by Gasteiger charge is -2.34. The van der Waals surface area contributed by atoms with E-state index in [1.807, 2.05) is 11.0 Å². The number of amides is 2. The minimum atomic E-state index is 0.129. The first kappa shape index (κ1) is 16.0. The molecule has 0 bridgehead atoms. The Morgan fingerprint density at radius 1 is 1.13 bits per heavy atom. The maximum atomic E-state index is 12.5. The summed E-state index contributed by atoms with van der Waals surface area (Å²) in [4.78, 5) is 27.8. The summed E-state index contributed by atoms with van der Waals surface area (Å²) in [5.41, 5.74) is 1.37. The van der Waals surface area contributed by atoms with Gasteiger partial charge in [0.2, 0.25) is 11.8 Å². The highest BCUT2D eigenvalue weighted by atomic mass is 16.2. The van der Waals surface area contributed by atoms with Crippen molar-refractivity contribution in [3.05, 3.63) is 35.9 Å². The van der Waals surface area contributed by atoms with Crippen LogP contribution in [0.5, 0.6) is 0 Å². The van der Waals surface area contributed by atoms with Gasteiger partial charge in [-0.25, -0.2) is 0 Å². The number of hydrogen-bond acceptors (Lipinski definition) is 2. The molecule has 0 aromatic heterocycles. The molecule has 2 fully saturated rings. The van der Waals surface area contributed by atoms with Crippen LogP contribution in [-0.4, -0.2) is 47.8 Å². The van der Waals surface area contributed by atoms with Gasteiger partial charge in [0.1, 0.15) is 0 Å². The van der Waals surface area contributed by atoms with Gasteiger partial charge in [0.05, 0.1) is 6.54 Å². The van der Waals surface area contributed by atoms with Crippen molar-refractivity contribution in [1.29, 1.82) is 0 Å². The molecule has 1 atom stereocenters. The van der Waals surface area contributed by atoms with Crippen LogP contribution in [0.15, 0.2) is 30.3 Å². The lowest BCUT2D eigenvalue weighted by molar-refractivity contribution is -0.139. The Balaban J connectivity index is 1.47. The second kappa shape index (κ2) is 7.62. The number of carbonyl (C=O) groups excluding carboxylic acids is 2. The number of rotatable bonds is 5. The lowest BCUT2D eigenvalue weighted by Crippen LogP contribution is -2.45. The molecule has 1 aromatic rings. The molecule has 0 spiro atoms. The molecule has 2 saturated heterocycles. The molecule has 2 amide bonds. The second-order valence-electron chi connectivity index (χ2n) is 6.79. The first-order valence-corrected chi connectivity index (χ1v) is 8.82. The summed E-state index contributed by atoms with van der Waals surface area (Å²) in [6.07, 6.45) is 6.01. The van der Waals surface area contributed by atoms with Crippen molar-refractivity contribution in [2.75, 3.05) is 26.2 Å². The highest BCUT2D eigenvalue weighted by Gasteiger charge is 2.27. The van der Waals surface area contributed by atoms with Crippen molar-refractivity contribution in [3.63, 3.8) is 0 Å². The number of hydrogen-bond donors (Lipinski definition) is 0. The van der Waals surface area contributed by atoms with Crippen LogP contribution in [0.3, 0.4) is 0 Å². The van der Waals surface area contributed by atoms with E-state index in [0.29, 0.717) is 12.3 Å². The Hall–Kier alpha value is -1.84. The molecular formula is C19H26N2O2. The van der Waals surface area contributed by atoms with Crippen molar-refractivity contribution < 1.29 is 9.59 Å². The van der Waals surface area contributed by atoms with Gasteiger partial charge in [-0.15, -0.1) is 0 Å². The number of nitrogens with zero attached hydrogens (tertiary/aromatic N) is 2. The smallest absolute Gasteiger partial charge is 0.242 e. The van der Waals surface area contributed by atoms with Gasteiger partial charge >= 0.3 is 0 Å². The zero-order valence-electron chi connectivity index (χ0n) is 13.7. The molecule has 23 heavy (non-hydrogen) atoms. The van der Waals surface area contributed by atoms with E-state index in [1.54, 1.807) is 4.90 Å². The Kier molecular flexibility index (Phi) is 5.31. The van der Waals surface area contributed by atoms with E-state index in [2.05, 4.69) is 24.3 Å². The molecule has 124 valence electrons. The Morgan fingerprint density at radius 3 is 2.70 bits per heavy atom. The average molecular weight is 314 g/mol. The molecule has 0 saturated carbocycles. The SMILES string of the molecule is O=C1CCCN1CC(=O)N1CCCC(CCc2ccccc2)C1. The van der Waals surface area contributed by atoms with E-state index >= 15 is 0 Å². The fraction of sp³-hybridized carbons (Fsp3) is 0.579. The van der Waals surface area contributed by atoms with Crippen LogP contribution in [0.1, 0.15) is 37.7 Å². The lowest BCUT2D eigenvalue weighted by atomic mass is 9.91. The van der Waals surface area contributed by atoms with Crippen LogP contribution in [0.4, 0.5) is 0 Å². The predicted octanol–water partition coefficient (Wildman–Crippen LogP) is 2.48. The summed E-state index contributed by atoms with van der Waals surface area (Å²) in [6.45, 7) is 2.73. The molecule has 2 aliphatic heterocycles. The van der Waals surface area contributed by atoms with Gasteiger partial charge in [-0.1, -0.05) is 30.3 Å². The third kappa shape index (κ3) is 4.34. The molecular weight excluding hydrogens is 288 g/mol. The highest BCUT2D eigenvalue weighted by molar-refractivity contribution is 5.85. The molecule has 1 unspecified atom stereocenters. The van der Waals surface area contributed by atoms with E-state index in [9.17, 15) is 9.59 Å². The normalized spacial score (nSPS) is 21.7. The summed E-state index contributed by atoms with van der Waals surface area (Å²) in [5.74, 6) is 0.850. The molecule has 1 aromatic carbocycles. The van der Waals surface area contributed by atoms with Crippen molar-refractivity contribution in [2.45, 2.75) is 38.5 Å². The standard InChI is InChI=1S/C19H26N2O2/c22-18-9-5-13-21(18)15-19(23)20-12-4-8-17(14-20)11-10-16-6-2-1-3-7-16/h1-3,6-7,17H,4-5,8-15H2. The largest absolute Gasteiger partial charge is 0.341 e. The van der Waals surface area contributed by atoms with E-state index in [1.165, 1.54) is 12.0 Å². The summed E-state index contributed by atoms with van der Waals surface area (Å²) >= 11 is 0. The van der Waals surface area contributed by atoms with Crippen LogP contribution in [0.2, 0.25) is 0 Å². The van der Waals surface area contributed by atoms with Gasteiger partial charge < -0.3 is 9.80 Å². The van der Waals surface area contributed by atoms with Crippen molar-refractivity contribution in [1.82, 2.24) is 9.80 Å². The number of benzene rings is 1. The fourth-order valence-corrected chi connectivity index (χ4v) is 3.68. The minimum absolute atomic E-state index is 0.129. The third-order valence-electron chi connectivity index (χ3n) is 5.05. The van der Waals surface area contributed by atoms with E-state index in [0.717, 1.165) is 45.3 Å². The molecule has 2 heterocycles.